The summed E-state index contributed by atoms with van der Waals surface area (Å²) in [6.45, 7) is 0.156. The van der Waals surface area contributed by atoms with E-state index in [9.17, 15) is 13.2 Å². The van der Waals surface area contributed by atoms with Gasteiger partial charge in [0.05, 0.1) is 4.90 Å². The number of hydrogen-bond donors (Lipinski definition) is 1. The van der Waals surface area contributed by atoms with Gasteiger partial charge in [-0.25, -0.2) is 8.42 Å². The first-order valence-electron chi connectivity index (χ1n) is 7.49. The molecular weight excluding hydrogens is 348 g/mol. The molecule has 1 unspecified atom stereocenters. The van der Waals surface area contributed by atoms with Crippen LogP contribution in [0.3, 0.4) is 0 Å². The van der Waals surface area contributed by atoms with Crippen molar-refractivity contribution < 1.29 is 13.2 Å². The second-order valence-electron chi connectivity index (χ2n) is 5.61. The zero-order valence-corrected chi connectivity index (χ0v) is 14.6. The van der Waals surface area contributed by atoms with E-state index in [0.717, 1.165) is 11.1 Å². The average molecular weight is 365 g/mol. The standard InChI is InChI=1S/C17H17ClN2O3S/c1-19-17(21)16-9-12-5-2-3-6-13(12)11-20(16)24(22,23)15-8-4-7-14(18)10-15/h2-8,10,16H,9,11H2,1H3,(H,19,21). The van der Waals surface area contributed by atoms with E-state index in [-0.39, 0.29) is 17.3 Å². The molecule has 126 valence electrons. The largest absolute Gasteiger partial charge is 0.358 e. The van der Waals surface area contributed by atoms with Crippen LogP contribution in [0.5, 0.6) is 0 Å². The maximum absolute atomic E-state index is 13.1. The molecule has 1 aliphatic rings. The van der Waals surface area contributed by atoms with E-state index in [4.69, 9.17) is 11.6 Å². The molecule has 1 atom stereocenters. The van der Waals surface area contributed by atoms with Gasteiger partial charge in [-0.15, -0.1) is 0 Å². The summed E-state index contributed by atoms with van der Waals surface area (Å²) >= 11 is 5.93. The van der Waals surface area contributed by atoms with Crippen molar-refractivity contribution in [1.82, 2.24) is 9.62 Å². The smallest absolute Gasteiger partial charge is 0.244 e. The summed E-state index contributed by atoms with van der Waals surface area (Å²) in [6.07, 6.45) is 0.343. The Balaban J connectivity index is 2.07. The lowest BCUT2D eigenvalue weighted by Crippen LogP contribution is -2.51. The average Bonchev–Trinajstić information content (AvgIpc) is 2.60. The number of likely N-dealkylation sites (N-methyl/N-ethyl adjacent to an activating group) is 1. The van der Waals surface area contributed by atoms with Crippen LogP contribution in [0.25, 0.3) is 0 Å². The van der Waals surface area contributed by atoms with Crippen molar-refractivity contribution in [2.45, 2.75) is 23.9 Å². The fraction of sp³-hybridized carbons (Fsp3) is 0.235. The Labute approximate surface area is 146 Å². The van der Waals surface area contributed by atoms with Gasteiger partial charge in [0.15, 0.2) is 0 Å². The summed E-state index contributed by atoms with van der Waals surface area (Å²) in [6, 6.07) is 12.9. The number of hydrogen-bond acceptors (Lipinski definition) is 3. The molecule has 1 N–H and O–H groups in total. The summed E-state index contributed by atoms with van der Waals surface area (Å²) < 4.78 is 27.4. The molecular formula is C17H17ClN2O3S. The van der Waals surface area contributed by atoms with Crippen LogP contribution in [0, 0.1) is 0 Å². The van der Waals surface area contributed by atoms with Gasteiger partial charge < -0.3 is 5.32 Å². The lowest BCUT2D eigenvalue weighted by atomic mass is 9.95. The van der Waals surface area contributed by atoms with E-state index >= 15 is 0 Å². The molecule has 1 heterocycles. The number of benzene rings is 2. The summed E-state index contributed by atoms with van der Waals surface area (Å²) in [5, 5.41) is 2.90. The number of nitrogens with zero attached hydrogens (tertiary/aromatic N) is 1. The molecule has 5 nitrogen and oxygen atoms in total. The van der Waals surface area contributed by atoms with Gasteiger partial charge in [0.25, 0.3) is 0 Å². The second kappa shape index (κ2) is 6.55. The summed E-state index contributed by atoms with van der Waals surface area (Å²) in [5.41, 5.74) is 1.90. The molecule has 0 aromatic heterocycles. The molecule has 2 aromatic rings. The van der Waals surface area contributed by atoms with Gasteiger partial charge in [0, 0.05) is 18.6 Å². The highest BCUT2D eigenvalue weighted by molar-refractivity contribution is 7.89. The third-order valence-corrected chi connectivity index (χ3v) is 6.24. The van der Waals surface area contributed by atoms with Crippen LogP contribution in [-0.2, 0) is 27.8 Å². The van der Waals surface area contributed by atoms with Gasteiger partial charge in [0.2, 0.25) is 15.9 Å². The monoisotopic (exact) mass is 364 g/mol. The zero-order valence-electron chi connectivity index (χ0n) is 13.1. The van der Waals surface area contributed by atoms with Crippen LogP contribution in [0.4, 0.5) is 0 Å². The quantitative estimate of drug-likeness (QED) is 0.908. The lowest BCUT2D eigenvalue weighted by molar-refractivity contribution is -0.124. The van der Waals surface area contributed by atoms with Crippen molar-refractivity contribution in [2.24, 2.45) is 0 Å². The van der Waals surface area contributed by atoms with E-state index in [1.165, 1.54) is 23.5 Å². The second-order valence-corrected chi connectivity index (χ2v) is 7.94. The van der Waals surface area contributed by atoms with Crippen molar-refractivity contribution in [3.63, 3.8) is 0 Å². The molecule has 0 spiro atoms. The fourth-order valence-corrected chi connectivity index (χ4v) is 4.77. The first-order chi connectivity index (χ1) is 11.4. The van der Waals surface area contributed by atoms with E-state index in [2.05, 4.69) is 5.32 Å². The van der Waals surface area contributed by atoms with Crippen molar-refractivity contribution in [3.05, 3.63) is 64.7 Å². The lowest BCUT2D eigenvalue weighted by Gasteiger charge is -2.34. The Morgan fingerprint density at radius 1 is 1.17 bits per heavy atom. The maximum atomic E-state index is 13.1. The topological polar surface area (TPSA) is 66.5 Å². The third kappa shape index (κ3) is 3.05. The third-order valence-electron chi connectivity index (χ3n) is 4.16. The van der Waals surface area contributed by atoms with Crippen LogP contribution in [0.15, 0.2) is 53.4 Å². The minimum Gasteiger partial charge on any atom is -0.358 e. The molecule has 7 heteroatoms. The van der Waals surface area contributed by atoms with E-state index in [1.807, 2.05) is 24.3 Å². The number of carbonyl (C=O) groups excluding carboxylic acids is 1. The Kier molecular flexibility index (Phi) is 4.62. The van der Waals surface area contributed by atoms with Gasteiger partial charge in [-0.1, -0.05) is 41.9 Å². The molecule has 3 rings (SSSR count). The zero-order chi connectivity index (χ0) is 17.3. The Hall–Kier alpha value is -1.89. The van der Waals surface area contributed by atoms with Crippen LogP contribution in [0.2, 0.25) is 5.02 Å². The van der Waals surface area contributed by atoms with E-state index in [1.54, 1.807) is 12.1 Å². The van der Waals surface area contributed by atoms with Gasteiger partial charge in [-0.3, -0.25) is 4.79 Å². The normalized spacial score (nSPS) is 18.0. The number of sulfonamides is 1. The molecule has 0 bridgehead atoms. The summed E-state index contributed by atoms with van der Waals surface area (Å²) in [5.74, 6) is -0.324. The van der Waals surface area contributed by atoms with Gasteiger partial charge in [0.1, 0.15) is 6.04 Å². The van der Waals surface area contributed by atoms with Gasteiger partial charge in [-0.05, 0) is 35.7 Å². The van der Waals surface area contributed by atoms with Crippen LogP contribution < -0.4 is 5.32 Å². The molecule has 0 saturated carbocycles. The van der Waals surface area contributed by atoms with Crippen molar-refractivity contribution >= 4 is 27.5 Å². The Bertz CT molecular complexity index is 883. The maximum Gasteiger partial charge on any atom is 0.244 e. The highest BCUT2D eigenvalue weighted by Gasteiger charge is 2.39. The minimum absolute atomic E-state index is 0.0864. The molecule has 1 amide bonds. The predicted molar refractivity (Wildman–Crippen MR) is 92.2 cm³/mol. The van der Waals surface area contributed by atoms with Crippen LogP contribution in [-0.4, -0.2) is 31.7 Å². The Morgan fingerprint density at radius 2 is 1.88 bits per heavy atom. The number of carbonyl (C=O) groups is 1. The first-order valence-corrected chi connectivity index (χ1v) is 9.31. The minimum atomic E-state index is -3.84. The molecule has 2 aromatic carbocycles. The number of amides is 1. The Morgan fingerprint density at radius 3 is 2.54 bits per heavy atom. The highest BCUT2D eigenvalue weighted by atomic mass is 35.5. The molecule has 0 aliphatic carbocycles. The predicted octanol–water partition coefficient (Wildman–Crippen LogP) is 2.20. The fourth-order valence-electron chi connectivity index (χ4n) is 2.90. The van der Waals surface area contributed by atoms with Gasteiger partial charge >= 0.3 is 0 Å². The van der Waals surface area contributed by atoms with Crippen LogP contribution in [0.1, 0.15) is 11.1 Å². The number of fused-ring (bicyclic) bond motifs is 1. The van der Waals surface area contributed by atoms with Crippen molar-refractivity contribution in [2.75, 3.05) is 7.05 Å². The number of nitrogens with one attached hydrogen (secondary N) is 1. The van der Waals surface area contributed by atoms with Crippen molar-refractivity contribution in [3.8, 4) is 0 Å². The van der Waals surface area contributed by atoms with Gasteiger partial charge in [-0.2, -0.15) is 4.31 Å². The molecule has 1 aliphatic heterocycles. The summed E-state index contributed by atoms with van der Waals surface area (Å²) in [4.78, 5) is 12.4. The summed E-state index contributed by atoms with van der Waals surface area (Å²) in [7, 11) is -2.34. The molecule has 24 heavy (non-hydrogen) atoms. The SMILES string of the molecule is CNC(=O)C1Cc2ccccc2CN1S(=O)(=O)c1cccc(Cl)c1. The first kappa shape index (κ1) is 17.0. The van der Waals surface area contributed by atoms with E-state index in [0.29, 0.717) is 11.4 Å². The van der Waals surface area contributed by atoms with Crippen LogP contribution >= 0.6 is 11.6 Å². The number of rotatable bonds is 3. The molecule has 0 saturated heterocycles. The highest BCUT2D eigenvalue weighted by Crippen LogP contribution is 2.30. The van der Waals surface area contributed by atoms with E-state index < -0.39 is 16.1 Å². The molecule has 0 radical (unpaired) electrons. The molecule has 0 fully saturated rings. The number of halogens is 1. The van der Waals surface area contributed by atoms with Crippen molar-refractivity contribution in [1.29, 1.82) is 0 Å².